The largest absolute Gasteiger partial charge is 4.00 e. The Labute approximate surface area is 290 Å². The van der Waals surface area contributed by atoms with Crippen molar-refractivity contribution in [3.8, 4) is 22.3 Å². The molecule has 0 saturated carbocycles. The average molecular weight is 784 g/mol. The predicted octanol–water partition coefficient (Wildman–Crippen LogP) is 10.8. The van der Waals surface area contributed by atoms with E-state index in [9.17, 15) is 0 Å². The molecule has 1 aliphatic rings. The summed E-state index contributed by atoms with van der Waals surface area (Å²) in [6.07, 6.45) is 0. The number of anilines is 2. The molecule has 9 rings (SSSR count). The fourth-order valence-corrected chi connectivity index (χ4v) is 7.76. The van der Waals surface area contributed by atoms with Gasteiger partial charge in [0.15, 0.2) is 0 Å². The molecule has 1 aliphatic heterocycles. The zero-order chi connectivity index (χ0) is 30.8. The first-order valence-corrected chi connectivity index (χ1v) is 16.0. The van der Waals surface area contributed by atoms with Crippen LogP contribution in [0, 0.1) is 12.1 Å². The molecule has 0 spiro atoms. The number of nitrogens with zero attached hydrogens (tertiary/aromatic N) is 2. The van der Waals surface area contributed by atoms with Crippen molar-refractivity contribution in [2.75, 3.05) is 23.9 Å². The summed E-state index contributed by atoms with van der Waals surface area (Å²) < 4.78 is 0. The normalized spacial score (nSPS) is 12.9. The molecule has 1 heterocycles. The van der Waals surface area contributed by atoms with E-state index in [1.807, 2.05) is 0 Å². The SMILES string of the molecule is CN1Cc2[c-]c(ccc2)-c2c(c3ccccc3c3ccccc23)N(C)Cc2[c-]c(ccc2)-c2c1c1ccccc1c1ccccc21.[Pt+4]. The van der Waals surface area contributed by atoms with Crippen LogP contribution in [0.15, 0.2) is 133 Å². The molecule has 8 aromatic carbocycles. The monoisotopic (exact) mass is 783 g/mol. The molecule has 0 amide bonds. The first-order chi connectivity index (χ1) is 22.7. The molecule has 0 atom stereocenters. The molecule has 3 heteroatoms. The molecule has 0 aliphatic carbocycles. The number of benzene rings is 8. The average Bonchev–Trinajstić information content (AvgIpc) is 3.10. The topological polar surface area (TPSA) is 6.48 Å². The third kappa shape index (κ3) is 4.74. The zero-order valence-electron chi connectivity index (χ0n) is 26.3. The van der Waals surface area contributed by atoms with Crippen LogP contribution in [-0.2, 0) is 34.2 Å². The van der Waals surface area contributed by atoms with Crippen LogP contribution in [0.1, 0.15) is 11.1 Å². The number of fused-ring (bicyclic) bond motifs is 18. The van der Waals surface area contributed by atoms with E-state index < -0.39 is 0 Å². The summed E-state index contributed by atoms with van der Waals surface area (Å²) in [7, 11) is 4.45. The molecule has 4 bridgehead atoms. The van der Waals surface area contributed by atoms with E-state index >= 15 is 0 Å². The van der Waals surface area contributed by atoms with Crippen LogP contribution in [0.3, 0.4) is 0 Å². The van der Waals surface area contributed by atoms with Gasteiger partial charge >= 0.3 is 21.1 Å². The van der Waals surface area contributed by atoms with Gasteiger partial charge in [0.1, 0.15) is 0 Å². The summed E-state index contributed by atoms with van der Waals surface area (Å²) in [6.45, 7) is 1.44. The summed E-state index contributed by atoms with van der Waals surface area (Å²) in [4.78, 5) is 4.83. The van der Waals surface area contributed by atoms with Crippen molar-refractivity contribution in [3.05, 3.63) is 157 Å². The van der Waals surface area contributed by atoms with Gasteiger partial charge in [-0.05, 0) is 43.1 Å². The van der Waals surface area contributed by atoms with Crippen molar-refractivity contribution >= 4 is 54.5 Å². The number of hydrogen-bond donors (Lipinski definition) is 0. The standard InChI is InChI=1S/C44H32N2.Pt/c1-45-27-29-13-11-16-32(25-29)42-38-22-8-4-18-34(38)36-20-6-10-24-40(36)44(42)46(2)28-30-14-12-15-31(26-30)41-37-21-7-3-17-33(37)35-19-5-9-23-39(35)43(41)45;/h3-24H,27-28H2,1-2H3;/q-2;+4. The molecule has 0 fully saturated rings. The Balaban J connectivity index is 0.00000324. The Bertz CT molecular complexity index is 2310. The van der Waals surface area contributed by atoms with Gasteiger partial charge in [-0.3, -0.25) is 0 Å². The van der Waals surface area contributed by atoms with E-state index in [2.05, 4.69) is 169 Å². The van der Waals surface area contributed by atoms with Crippen molar-refractivity contribution in [2.45, 2.75) is 13.1 Å². The van der Waals surface area contributed by atoms with E-state index in [1.165, 1.54) is 65.6 Å². The molecule has 0 N–H and O–H groups in total. The van der Waals surface area contributed by atoms with Crippen molar-refractivity contribution in [2.24, 2.45) is 0 Å². The number of hydrogen-bond acceptors (Lipinski definition) is 2. The van der Waals surface area contributed by atoms with Crippen LogP contribution in [-0.4, -0.2) is 14.1 Å². The van der Waals surface area contributed by atoms with Gasteiger partial charge in [0.25, 0.3) is 0 Å². The van der Waals surface area contributed by atoms with E-state index in [-0.39, 0.29) is 21.1 Å². The molecule has 226 valence electrons. The minimum atomic E-state index is 0. The third-order valence-corrected chi connectivity index (χ3v) is 9.64. The minimum absolute atomic E-state index is 0. The first kappa shape index (κ1) is 29.5. The second-order valence-corrected chi connectivity index (χ2v) is 12.5. The second kappa shape index (κ2) is 11.7. The fourth-order valence-electron chi connectivity index (χ4n) is 7.76. The van der Waals surface area contributed by atoms with E-state index in [0.29, 0.717) is 0 Å². The number of rotatable bonds is 0. The Morgan fingerprint density at radius 3 is 1.09 bits per heavy atom. The van der Waals surface area contributed by atoms with Gasteiger partial charge in [0, 0.05) is 38.6 Å². The molecular weight excluding hydrogens is 752 g/mol. The summed E-state index contributed by atoms with van der Waals surface area (Å²) in [5, 5.41) is 10.1. The predicted molar refractivity (Wildman–Crippen MR) is 196 cm³/mol. The quantitative estimate of drug-likeness (QED) is 0.112. The van der Waals surface area contributed by atoms with Gasteiger partial charge in [0.05, 0.1) is 0 Å². The summed E-state index contributed by atoms with van der Waals surface area (Å²) >= 11 is 0. The Hall–Kier alpha value is -4.91. The van der Waals surface area contributed by atoms with Crippen LogP contribution in [0.4, 0.5) is 11.4 Å². The Morgan fingerprint density at radius 1 is 0.383 bits per heavy atom. The zero-order valence-corrected chi connectivity index (χ0v) is 28.6. The molecule has 0 radical (unpaired) electrons. The third-order valence-electron chi connectivity index (χ3n) is 9.64. The minimum Gasteiger partial charge on any atom is -0.378 e. The maximum Gasteiger partial charge on any atom is 4.00 e. The van der Waals surface area contributed by atoms with Gasteiger partial charge in [-0.25, -0.2) is 0 Å². The Morgan fingerprint density at radius 2 is 0.702 bits per heavy atom. The molecule has 0 aromatic heterocycles. The summed E-state index contributed by atoms with van der Waals surface area (Å²) in [6, 6.07) is 56.4. The van der Waals surface area contributed by atoms with Crippen molar-refractivity contribution in [1.29, 1.82) is 0 Å². The van der Waals surface area contributed by atoms with Crippen LogP contribution in [0.2, 0.25) is 0 Å². The Kier molecular flexibility index (Phi) is 7.35. The van der Waals surface area contributed by atoms with Crippen LogP contribution in [0.5, 0.6) is 0 Å². The van der Waals surface area contributed by atoms with Gasteiger partial charge < -0.3 is 9.80 Å². The smallest absolute Gasteiger partial charge is 0.378 e. The van der Waals surface area contributed by atoms with Crippen molar-refractivity contribution < 1.29 is 21.1 Å². The maximum absolute atomic E-state index is 3.91. The second-order valence-electron chi connectivity index (χ2n) is 12.5. The van der Waals surface area contributed by atoms with Gasteiger partial charge in [-0.2, -0.15) is 0 Å². The van der Waals surface area contributed by atoms with Crippen LogP contribution < -0.4 is 9.80 Å². The summed E-state index contributed by atoms with van der Waals surface area (Å²) in [5.41, 5.74) is 9.46. The van der Waals surface area contributed by atoms with E-state index in [4.69, 9.17) is 0 Å². The molecule has 2 nitrogen and oxygen atoms in total. The van der Waals surface area contributed by atoms with E-state index in [1.54, 1.807) is 0 Å². The van der Waals surface area contributed by atoms with Crippen molar-refractivity contribution in [1.82, 2.24) is 0 Å². The summed E-state index contributed by atoms with van der Waals surface area (Å²) in [5.74, 6) is 0. The van der Waals surface area contributed by atoms with Gasteiger partial charge in [-0.15, -0.1) is 70.8 Å². The molecule has 47 heavy (non-hydrogen) atoms. The van der Waals surface area contributed by atoms with Crippen molar-refractivity contribution in [3.63, 3.8) is 0 Å². The van der Waals surface area contributed by atoms with Gasteiger partial charge in [-0.1, -0.05) is 108 Å². The molecule has 0 saturated heterocycles. The fraction of sp³-hybridized carbons (Fsp3) is 0.0909. The van der Waals surface area contributed by atoms with Crippen LogP contribution >= 0.6 is 0 Å². The molecule has 8 aromatic rings. The van der Waals surface area contributed by atoms with Gasteiger partial charge in [0.2, 0.25) is 0 Å². The van der Waals surface area contributed by atoms with Crippen LogP contribution in [0.25, 0.3) is 65.3 Å². The molecular formula is C44H32N2Pt+2. The maximum atomic E-state index is 3.91. The first-order valence-electron chi connectivity index (χ1n) is 16.0. The molecule has 0 unspecified atom stereocenters. The van der Waals surface area contributed by atoms with E-state index in [0.717, 1.165) is 35.3 Å².